The zero-order valence-corrected chi connectivity index (χ0v) is 18.3. The number of rotatable bonds is 6. The van der Waals surface area contributed by atoms with Crippen molar-refractivity contribution in [3.63, 3.8) is 0 Å². The molecule has 3 aromatic carbocycles. The normalized spacial score (nSPS) is 11.9. The van der Waals surface area contributed by atoms with E-state index in [0.29, 0.717) is 28.5 Å². The second-order valence-corrected chi connectivity index (χ2v) is 8.21. The highest BCUT2D eigenvalue weighted by molar-refractivity contribution is 5.88. The average Bonchev–Trinajstić information content (AvgIpc) is 2.78. The molecule has 0 radical (unpaired) electrons. The van der Waals surface area contributed by atoms with Crippen molar-refractivity contribution in [3.05, 3.63) is 100 Å². The number of benzene rings is 3. The molecule has 0 unspecified atom stereocenters. The average molecular weight is 473 g/mol. The minimum Gasteiger partial charge on any atom is -0.256 e. The fourth-order valence-corrected chi connectivity index (χ4v) is 4.04. The minimum absolute atomic E-state index is 0.0134. The monoisotopic (exact) mass is 473 g/mol. The van der Waals surface area contributed by atoms with Gasteiger partial charge in [0.1, 0.15) is 23.0 Å². The molecule has 0 aliphatic rings. The molecule has 0 aliphatic carbocycles. The fraction of sp³-hybridized carbons (Fsp3) is 0.222. The summed E-state index contributed by atoms with van der Waals surface area (Å²) in [4.78, 5) is 4.49. The molecule has 0 saturated carbocycles. The lowest BCUT2D eigenvalue weighted by molar-refractivity contribution is -0.142. The van der Waals surface area contributed by atoms with E-state index in [1.807, 2.05) is 24.4 Å². The third kappa shape index (κ3) is 4.93. The molecule has 7 heteroatoms. The number of alkyl halides is 3. The molecule has 4 aromatic rings. The van der Waals surface area contributed by atoms with Crippen LogP contribution in [-0.4, -0.2) is 4.98 Å². The van der Waals surface area contributed by atoms with E-state index in [1.165, 1.54) is 0 Å². The molecule has 1 aromatic heterocycles. The minimum atomic E-state index is -5.12. The van der Waals surface area contributed by atoms with Gasteiger partial charge in [-0.15, -0.1) is 0 Å². The summed E-state index contributed by atoms with van der Waals surface area (Å²) in [5.41, 5.74) is 1.18. The molecule has 1 heterocycles. The van der Waals surface area contributed by atoms with Crippen LogP contribution in [0.3, 0.4) is 0 Å². The molecule has 0 bridgehead atoms. The summed E-state index contributed by atoms with van der Waals surface area (Å²) in [5, 5.41) is 1.05. The number of aromatic nitrogens is 1. The number of hydrogen-bond acceptors (Lipinski definition) is 1. The molecule has 0 spiro atoms. The first kappa shape index (κ1) is 23.8. The molecular formula is C27H21F6N. The molecule has 176 valence electrons. The Labute approximate surface area is 193 Å². The maximum absolute atomic E-state index is 15.1. The SMILES string of the molecule is CCCc1ccc(-c2ccc3c(F)c(CCc4cc(F)c(C(F)(F)F)c(F)c4)ccc3c2)nc1. The molecule has 1 nitrogen and oxygen atoms in total. The van der Waals surface area contributed by atoms with E-state index in [2.05, 4.69) is 11.9 Å². The molecule has 0 aliphatic heterocycles. The summed E-state index contributed by atoms with van der Waals surface area (Å²) in [6.07, 6.45) is -1.25. The van der Waals surface area contributed by atoms with Gasteiger partial charge < -0.3 is 0 Å². The van der Waals surface area contributed by atoms with Crippen LogP contribution in [0.15, 0.2) is 60.8 Å². The molecule has 0 amide bonds. The summed E-state index contributed by atoms with van der Waals surface area (Å²) in [6, 6.07) is 13.8. The van der Waals surface area contributed by atoms with Gasteiger partial charge in [0.15, 0.2) is 0 Å². The molecule has 34 heavy (non-hydrogen) atoms. The molecule has 0 fully saturated rings. The zero-order chi connectivity index (χ0) is 24.5. The van der Waals surface area contributed by atoms with Gasteiger partial charge in [-0.2, -0.15) is 13.2 Å². The molecular weight excluding hydrogens is 452 g/mol. The Morgan fingerprint density at radius 2 is 1.50 bits per heavy atom. The van der Waals surface area contributed by atoms with Crippen LogP contribution in [0.1, 0.15) is 35.6 Å². The molecule has 0 N–H and O–H groups in total. The Bertz CT molecular complexity index is 1300. The van der Waals surface area contributed by atoms with E-state index in [4.69, 9.17) is 0 Å². The van der Waals surface area contributed by atoms with Crippen LogP contribution in [-0.2, 0) is 25.4 Å². The van der Waals surface area contributed by atoms with Crippen molar-refractivity contribution in [1.29, 1.82) is 0 Å². The standard InChI is InChI=1S/C27H21F6N/c1-2-3-16-5-11-24(34-15-16)20-9-10-21-19(14-20)8-7-18(26(21)30)6-4-17-12-22(28)25(23(29)13-17)27(31,32)33/h5,7-15H,2-4,6H2,1H3. The first-order chi connectivity index (χ1) is 16.2. The van der Waals surface area contributed by atoms with Gasteiger partial charge in [0.2, 0.25) is 0 Å². The van der Waals surface area contributed by atoms with Crippen molar-refractivity contribution in [3.8, 4) is 11.3 Å². The van der Waals surface area contributed by atoms with Crippen molar-refractivity contribution in [1.82, 2.24) is 4.98 Å². The number of nitrogens with zero attached hydrogens (tertiary/aromatic N) is 1. The Morgan fingerprint density at radius 1 is 0.765 bits per heavy atom. The predicted molar refractivity (Wildman–Crippen MR) is 120 cm³/mol. The fourth-order valence-electron chi connectivity index (χ4n) is 4.04. The van der Waals surface area contributed by atoms with Crippen LogP contribution < -0.4 is 0 Å². The van der Waals surface area contributed by atoms with Crippen molar-refractivity contribution < 1.29 is 26.3 Å². The Morgan fingerprint density at radius 3 is 2.12 bits per heavy atom. The second-order valence-electron chi connectivity index (χ2n) is 8.21. The van der Waals surface area contributed by atoms with Crippen LogP contribution in [0.25, 0.3) is 22.0 Å². The topological polar surface area (TPSA) is 12.9 Å². The first-order valence-electron chi connectivity index (χ1n) is 10.9. The quantitative estimate of drug-likeness (QED) is 0.258. The third-order valence-corrected chi connectivity index (χ3v) is 5.76. The molecule has 4 rings (SSSR count). The van der Waals surface area contributed by atoms with Crippen molar-refractivity contribution >= 4 is 10.8 Å². The number of fused-ring (bicyclic) bond motifs is 1. The Hall–Kier alpha value is -3.35. The van der Waals surface area contributed by atoms with Gasteiger partial charge in [-0.05, 0) is 65.6 Å². The number of pyridine rings is 1. The lowest BCUT2D eigenvalue weighted by atomic mass is 9.97. The van der Waals surface area contributed by atoms with E-state index >= 15 is 4.39 Å². The van der Waals surface area contributed by atoms with E-state index < -0.39 is 29.2 Å². The van der Waals surface area contributed by atoms with E-state index in [0.717, 1.165) is 29.7 Å². The highest BCUT2D eigenvalue weighted by Gasteiger charge is 2.37. The van der Waals surface area contributed by atoms with Crippen LogP contribution in [0, 0.1) is 17.5 Å². The summed E-state index contributed by atoms with van der Waals surface area (Å²) >= 11 is 0. The highest BCUT2D eigenvalue weighted by atomic mass is 19.4. The van der Waals surface area contributed by atoms with Gasteiger partial charge in [0.25, 0.3) is 0 Å². The third-order valence-electron chi connectivity index (χ3n) is 5.76. The van der Waals surface area contributed by atoms with Crippen LogP contribution in [0.2, 0.25) is 0 Å². The van der Waals surface area contributed by atoms with E-state index in [1.54, 1.807) is 24.3 Å². The Kier molecular flexibility index (Phi) is 6.64. The predicted octanol–water partition coefficient (Wildman–Crippen LogP) is 8.08. The van der Waals surface area contributed by atoms with Gasteiger partial charge in [0, 0.05) is 17.1 Å². The van der Waals surface area contributed by atoms with E-state index in [-0.39, 0.29) is 18.4 Å². The maximum atomic E-state index is 15.1. The lowest BCUT2D eigenvalue weighted by Gasteiger charge is -2.12. The van der Waals surface area contributed by atoms with Crippen molar-refractivity contribution in [2.24, 2.45) is 0 Å². The second kappa shape index (κ2) is 9.49. The van der Waals surface area contributed by atoms with Crippen LogP contribution in [0.5, 0.6) is 0 Å². The summed E-state index contributed by atoms with van der Waals surface area (Å²) in [7, 11) is 0. The smallest absolute Gasteiger partial charge is 0.256 e. The van der Waals surface area contributed by atoms with Crippen LogP contribution in [0.4, 0.5) is 26.3 Å². The molecule has 0 atom stereocenters. The van der Waals surface area contributed by atoms with Gasteiger partial charge in [-0.3, -0.25) is 4.98 Å². The van der Waals surface area contributed by atoms with Crippen molar-refractivity contribution in [2.45, 2.75) is 38.8 Å². The van der Waals surface area contributed by atoms with Gasteiger partial charge in [-0.25, -0.2) is 13.2 Å². The largest absolute Gasteiger partial charge is 0.422 e. The van der Waals surface area contributed by atoms with Crippen molar-refractivity contribution in [2.75, 3.05) is 0 Å². The summed E-state index contributed by atoms with van der Waals surface area (Å²) in [6.45, 7) is 2.10. The first-order valence-corrected chi connectivity index (χ1v) is 10.9. The van der Waals surface area contributed by atoms with Gasteiger partial charge >= 0.3 is 6.18 Å². The lowest BCUT2D eigenvalue weighted by Crippen LogP contribution is -2.12. The Balaban J connectivity index is 1.55. The zero-order valence-electron chi connectivity index (χ0n) is 18.3. The number of hydrogen-bond donors (Lipinski definition) is 0. The van der Waals surface area contributed by atoms with Crippen LogP contribution >= 0.6 is 0 Å². The van der Waals surface area contributed by atoms with Gasteiger partial charge in [0.05, 0.1) is 5.69 Å². The number of halogens is 6. The number of aryl methyl sites for hydroxylation is 3. The summed E-state index contributed by atoms with van der Waals surface area (Å²) < 4.78 is 81.0. The summed E-state index contributed by atoms with van der Waals surface area (Å²) in [5.74, 6) is -3.82. The van der Waals surface area contributed by atoms with Gasteiger partial charge in [-0.1, -0.05) is 43.7 Å². The van der Waals surface area contributed by atoms with E-state index in [9.17, 15) is 22.0 Å². The molecule has 0 saturated heterocycles. The maximum Gasteiger partial charge on any atom is 0.422 e. The highest BCUT2D eigenvalue weighted by Crippen LogP contribution is 2.34.